The van der Waals surface area contributed by atoms with E-state index < -0.39 is 0 Å². The summed E-state index contributed by atoms with van der Waals surface area (Å²) in [4.78, 5) is 0. The molecule has 0 aromatic heterocycles. The summed E-state index contributed by atoms with van der Waals surface area (Å²) in [5.41, 5.74) is 5.21. The van der Waals surface area contributed by atoms with Crippen LogP contribution in [0.4, 0.5) is 0 Å². The smallest absolute Gasteiger partial charge is 0.0701 e. The van der Waals surface area contributed by atoms with Crippen molar-refractivity contribution in [3.8, 4) is 0 Å². The van der Waals surface area contributed by atoms with Gasteiger partial charge < -0.3 is 25.1 Å². The fourth-order valence-electron chi connectivity index (χ4n) is 0.690. The fourth-order valence-corrected chi connectivity index (χ4v) is 0.690. The number of aliphatic hydroxyl groups is 1. The Balaban J connectivity index is 0. The van der Waals surface area contributed by atoms with Gasteiger partial charge in [0.25, 0.3) is 0 Å². The zero-order valence-electron chi connectivity index (χ0n) is 7.91. The molecule has 0 radical (unpaired) electrons. The number of nitrogens with two attached hydrogens (primary N) is 1. The van der Waals surface area contributed by atoms with E-state index in [0.29, 0.717) is 46.2 Å². The van der Waals surface area contributed by atoms with Crippen molar-refractivity contribution in [2.24, 2.45) is 5.73 Å². The summed E-state index contributed by atoms with van der Waals surface area (Å²) in [6.07, 6.45) is 0. The SMILES string of the molecule is NCCOCCOCCOCCO.[HH]. The molecule has 82 valence electrons. The summed E-state index contributed by atoms with van der Waals surface area (Å²) in [6.45, 7) is 3.71. The molecule has 0 aliphatic carbocycles. The van der Waals surface area contributed by atoms with Gasteiger partial charge in [0.05, 0.1) is 46.2 Å². The normalized spacial score (nSPS) is 10.6. The molecule has 0 amide bonds. The molecule has 3 N–H and O–H groups in total. The predicted molar refractivity (Wildman–Crippen MR) is 50.7 cm³/mol. The zero-order chi connectivity index (χ0) is 9.78. The molecule has 0 aromatic rings. The van der Waals surface area contributed by atoms with Crippen molar-refractivity contribution in [2.45, 2.75) is 0 Å². The van der Waals surface area contributed by atoms with Crippen molar-refractivity contribution >= 4 is 0 Å². The second-order valence-electron chi connectivity index (χ2n) is 2.35. The minimum Gasteiger partial charge on any atom is -0.394 e. The summed E-state index contributed by atoms with van der Waals surface area (Å²) < 4.78 is 15.2. The largest absolute Gasteiger partial charge is 0.394 e. The van der Waals surface area contributed by atoms with Gasteiger partial charge in [-0.1, -0.05) is 0 Å². The van der Waals surface area contributed by atoms with Gasteiger partial charge in [0, 0.05) is 7.97 Å². The molecule has 0 bridgehead atoms. The molecule has 0 aliphatic heterocycles. The lowest BCUT2D eigenvalue weighted by Crippen LogP contribution is -2.14. The highest BCUT2D eigenvalue weighted by Gasteiger charge is 1.89. The van der Waals surface area contributed by atoms with Crippen molar-refractivity contribution in [2.75, 3.05) is 52.8 Å². The first kappa shape index (κ1) is 12.8. The van der Waals surface area contributed by atoms with E-state index in [1.807, 2.05) is 0 Å². The van der Waals surface area contributed by atoms with E-state index in [0.717, 1.165) is 0 Å². The second kappa shape index (κ2) is 11.8. The van der Waals surface area contributed by atoms with Crippen LogP contribution in [0.15, 0.2) is 0 Å². The highest BCUT2D eigenvalue weighted by atomic mass is 16.5. The third-order valence-electron chi connectivity index (χ3n) is 1.24. The van der Waals surface area contributed by atoms with Gasteiger partial charge in [-0.25, -0.2) is 0 Å². The van der Waals surface area contributed by atoms with Crippen molar-refractivity contribution in [3.63, 3.8) is 0 Å². The topological polar surface area (TPSA) is 73.9 Å². The summed E-state index contributed by atoms with van der Waals surface area (Å²) in [6, 6.07) is 0. The highest BCUT2D eigenvalue weighted by Crippen LogP contribution is 1.80. The molecule has 0 spiro atoms. The van der Waals surface area contributed by atoms with E-state index in [2.05, 4.69) is 0 Å². The van der Waals surface area contributed by atoms with Crippen LogP contribution in [-0.4, -0.2) is 57.9 Å². The average Bonchev–Trinajstić information content (AvgIpc) is 2.16. The van der Waals surface area contributed by atoms with Gasteiger partial charge in [0.2, 0.25) is 0 Å². The first-order valence-corrected chi connectivity index (χ1v) is 4.46. The Morgan fingerprint density at radius 2 is 1.31 bits per heavy atom. The van der Waals surface area contributed by atoms with Gasteiger partial charge in [-0.15, -0.1) is 0 Å². The first-order valence-electron chi connectivity index (χ1n) is 4.46. The van der Waals surface area contributed by atoms with Gasteiger partial charge in [-0.3, -0.25) is 0 Å². The van der Waals surface area contributed by atoms with E-state index in [-0.39, 0.29) is 8.03 Å². The maximum absolute atomic E-state index is 8.37. The molecule has 0 unspecified atom stereocenters. The lowest BCUT2D eigenvalue weighted by atomic mass is 10.7. The third kappa shape index (κ3) is 11.8. The average molecular weight is 195 g/mol. The third-order valence-corrected chi connectivity index (χ3v) is 1.24. The maximum atomic E-state index is 8.37. The molecule has 0 heterocycles. The molecule has 0 aliphatic rings. The summed E-state index contributed by atoms with van der Waals surface area (Å²) in [7, 11) is 0. The minimum absolute atomic E-state index is 0. The molecule has 5 heteroatoms. The van der Waals surface area contributed by atoms with Crippen LogP contribution in [0.3, 0.4) is 0 Å². The summed E-state index contributed by atoms with van der Waals surface area (Å²) >= 11 is 0. The molecule has 0 aromatic carbocycles. The Morgan fingerprint density at radius 1 is 0.846 bits per heavy atom. The summed E-state index contributed by atoms with van der Waals surface area (Å²) in [5, 5.41) is 8.37. The Morgan fingerprint density at radius 3 is 1.77 bits per heavy atom. The van der Waals surface area contributed by atoms with Crippen LogP contribution in [0.2, 0.25) is 0 Å². The lowest BCUT2D eigenvalue weighted by Gasteiger charge is -2.04. The van der Waals surface area contributed by atoms with Crippen LogP contribution in [-0.2, 0) is 14.2 Å². The van der Waals surface area contributed by atoms with Crippen molar-refractivity contribution < 1.29 is 20.7 Å². The van der Waals surface area contributed by atoms with Crippen LogP contribution < -0.4 is 5.73 Å². The zero-order valence-corrected chi connectivity index (χ0v) is 7.91. The number of hydrogen-bond acceptors (Lipinski definition) is 5. The Labute approximate surface area is 80.3 Å². The standard InChI is InChI=1S/C8H19NO4.H2/c9-1-3-11-5-7-13-8-6-12-4-2-10;/h10H,1-9H2;1H. The highest BCUT2D eigenvalue weighted by molar-refractivity contribution is 4.34. The van der Waals surface area contributed by atoms with Gasteiger partial charge in [0.1, 0.15) is 0 Å². The van der Waals surface area contributed by atoms with Crippen LogP contribution in [0.1, 0.15) is 1.43 Å². The van der Waals surface area contributed by atoms with Gasteiger partial charge in [0.15, 0.2) is 0 Å². The van der Waals surface area contributed by atoms with Gasteiger partial charge >= 0.3 is 0 Å². The Bertz CT molecular complexity index is 87.4. The van der Waals surface area contributed by atoms with Crippen LogP contribution in [0.25, 0.3) is 0 Å². The summed E-state index contributed by atoms with van der Waals surface area (Å²) in [5.74, 6) is 0. The van der Waals surface area contributed by atoms with Crippen molar-refractivity contribution in [1.82, 2.24) is 0 Å². The number of rotatable bonds is 10. The fraction of sp³-hybridized carbons (Fsp3) is 1.00. The predicted octanol–water partition coefficient (Wildman–Crippen LogP) is -0.767. The first-order chi connectivity index (χ1) is 6.41. The van der Waals surface area contributed by atoms with Crippen molar-refractivity contribution in [1.29, 1.82) is 0 Å². The second-order valence-corrected chi connectivity index (χ2v) is 2.35. The van der Waals surface area contributed by atoms with Crippen LogP contribution in [0, 0.1) is 0 Å². The molecule has 0 rings (SSSR count). The molecule has 0 saturated heterocycles. The molecule has 13 heavy (non-hydrogen) atoms. The molecule has 5 nitrogen and oxygen atoms in total. The lowest BCUT2D eigenvalue weighted by molar-refractivity contribution is 0.00888. The number of aliphatic hydroxyl groups excluding tert-OH is 1. The molecule has 0 fully saturated rings. The van der Waals surface area contributed by atoms with E-state index in [4.69, 9.17) is 25.1 Å². The van der Waals surface area contributed by atoms with Gasteiger partial charge in [-0.05, 0) is 0 Å². The maximum Gasteiger partial charge on any atom is 0.0701 e. The monoisotopic (exact) mass is 195 g/mol. The van der Waals surface area contributed by atoms with Gasteiger partial charge in [-0.2, -0.15) is 0 Å². The number of hydrogen-bond donors (Lipinski definition) is 2. The van der Waals surface area contributed by atoms with E-state index in [9.17, 15) is 0 Å². The van der Waals surface area contributed by atoms with Crippen molar-refractivity contribution in [3.05, 3.63) is 0 Å². The molecular weight excluding hydrogens is 174 g/mol. The van der Waals surface area contributed by atoms with E-state index in [1.54, 1.807) is 0 Å². The Hall–Kier alpha value is -0.200. The van der Waals surface area contributed by atoms with Crippen LogP contribution >= 0.6 is 0 Å². The molecule has 0 atom stereocenters. The molecule has 0 saturated carbocycles. The Kier molecular flexibility index (Phi) is 11.6. The molecular formula is C8H21NO4. The van der Waals surface area contributed by atoms with E-state index in [1.165, 1.54) is 0 Å². The quantitative estimate of drug-likeness (QED) is 0.448. The van der Waals surface area contributed by atoms with Crippen LogP contribution in [0.5, 0.6) is 0 Å². The number of ether oxygens (including phenoxy) is 3. The minimum atomic E-state index is 0. The van der Waals surface area contributed by atoms with E-state index >= 15 is 0 Å².